The Bertz CT molecular complexity index is 406. The van der Waals surface area contributed by atoms with E-state index in [0.29, 0.717) is 5.92 Å². The van der Waals surface area contributed by atoms with Gasteiger partial charge < -0.3 is 0 Å². The lowest BCUT2D eigenvalue weighted by atomic mass is 9.75. The second kappa shape index (κ2) is 4.52. The van der Waals surface area contributed by atoms with Gasteiger partial charge in [-0.2, -0.15) is 13.2 Å². The topological polar surface area (TPSA) is 0 Å². The molecule has 17 heavy (non-hydrogen) atoms. The van der Waals surface area contributed by atoms with Gasteiger partial charge >= 0.3 is 6.18 Å². The molecule has 0 N–H and O–H groups in total. The van der Waals surface area contributed by atoms with Gasteiger partial charge in [-0.3, -0.25) is 0 Å². The first kappa shape index (κ1) is 14.4. The summed E-state index contributed by atoms with van der Waals surface area (Å²) in [6.07, 6.45) is -4.39. The van der Waals surface area contributed by atoms with Gasteiger partial charge in [0.15, 0.2) is 0 Å². The standard InChI is InChI=1S/C13H16ClF3/c1-8(2)12(3,4)9-5-6-10(11(14)7-9)13(15,16)17/h5-8H,1-4H3. The Labute approximate surface area is 105 Å². The summed E-state index contributed by atoms with van der Waals surface area (Å²) in [5.41, 5.74) is -0.152. The highest BCUT2D eigenvalue weighted by atomic mass is 35.5. The zero-order valence-corrected chi connectivity index (χ0v) is 11.1. The Morgan fingerprint density at radius 2 is 1.65 bits per heavy atom. The molecule has 0 bridgehead atoms. The number of alkyl halides is 3. The molecule has 0 fully saturated rings. The fourth-order valence-corrected chi connectivity index (χ4v) is 1.77. The molecule has 96 valence electrons. The summed E-state index contributed by atoms with van der Waals surface area (Å²) >= 11 is 5.70. The minimum atomic E-state index is -4.39. The molecule has 0 aliphatic rings. The average Bonchev–Trinajstić information content (AvgIpc) is 2.15. The van der Waals surface area contributed by atoms with Crippen molar-refractivity contribution in [1.29, 1.82) is 0 Å². The van der Waals surface area contributed by atoms with E-state index in [2.05, 4.69) is 0 Å². The van der Waals surface area contributed by atoms with E-state index in [4.69, 9.17) is 11.6 Å². The van der Waals surface area contributed by atoms with Gasteiger partial charge in [0.2, 0.25) is 0 Å². The summed E-state index contributed by atoms with van der Waals surface area (Å²) in [5.74, 6) is 0.315. The number of hydrogen-bond acceptors (Lipinski definition) is 0. The van der Waals surface area contributed by atoms with Gasteiger partial charge in [-0.15, -0.1) is 0 Å². The van der Waals surface area contributed by atoms with Crippen molar-refractivity contribution in [3.63, 3.8) is 0 Å². The highest BCUT2D eigenvalue weighted by Crippen LogP contribution is 2.38. The molecule has 0 aliphatic carbocycles. The summed E-state index contributed by atoms with van der Waals surface area (Å²) in [4.78, 5) is 0. The van der Waals surface area contributed by atoms with Crippen molar-refractivity contribution < 1.29 is 13.2 Å². The zero-order chi connectivity index (χ0) is 13.4. The maximum absolute atomic E-state index is 12.6. The van der Waals surface area contributed by atoms with Gasteiger partial charge in [0.25, 0.3) is 0 Å². The van der Waals surface area contributed by atoms with E-state index in [1.165, 1.54) is 12.1 Å². The number of halogens is 4. The molecule has 0 aromatic heterocycles. The van der Waals surface area contributed by atoms with Crippen molar-refractivity contribution in [2.45, 2.75) is 39.3 Å². The molecule has 1 aromatic carbocycles. The van der Waals surface area contributed by atoms with Crippen LogP contribution >= 0.6 is 11.6 Å². The molecule has 0 nitrogen and oxygen atoms in total. The lowest BCUT2D eigenvalue weighted by Crippen LogP contribution is -2.24. The van der Waals surface area contributed by atoms with E-state index >= 15 is 0 Å². The summed E-state index contributed by atoms with van der Waals surface area (Å²) < 4.78 is 37.7. The molecule has 0 heterocycles. The van der Waals surface area contributed by atoms with E-state index in [9.17, 15) is 13.2 Å². The molecule has 1 rings (SSSR count). The summed E-state index contributed by atoms with van der Waals surface area (Å²) in [7, 11) is 0. The molecule has 0 unspecified atom stereocenters. The first-order valence-corrected chi connectivity index (χ1v) is 5.82. The smallest absolute Gasteiger partial charge is 0.166 e. The number of benzene rings is 1. The van der Waals surface area contributed by atoms with Gasteiger partial charge in [0.05, 0.1) is 10.6 Å². The van der Waals surface area contributed by atoms with Gasteiger partial charge in [0.1, 0.15) is 0 Å². The van der Waals surface area contributed by atoms with Crippen molar-refractivity contribution >= 4 is 11.6 Å². The lowest BCUT2D eigenvalue weighted by molar-refractivity contribution is -0.137. The van der Waals surface area contributed by atoms with Crippen LogP contribution in [0.25, 0.3) is 0 Å². The van der Waals surface area contributed by atoms with Crippen LogP contribution in [-0.2, 0) is 11.6 Å². The van der Waals surface area contributed by atoms with Crippen molar-refractivity contribution in [2.75, 3.05) is 0 Å². The number of hydrogen-bond donors (Lipinski definition) is 0. The Morgan fingerprint density at radius 1 is 1.12 bits per heavy atom. The zero-order valence-electron chi connectivity index (χ0n) is 10.3. The lowest BCUT2D eigenvalue weighted by Gasteiger charge is -2.30. The maximum atomic E-state index is 12.6. The van der Waals surface area contributed by atoms with Crippen LogP contribution in [0.1, 0.15) is 38.8 Å². The van der Waals surface area contributed by atoms with E-state index in [-0.39, 0.29) is 10.4 Å². The second-order valence-electron chi connectivity index (χ2n) is 5.07. The summed E-state index contributed by atoms with van der Waals surface area (Å²) in [5, 5.41) is -0.233. The molecule has 0 radical (unpaired) electrons. The predicted octanol–water partition coefficient (Wildman–Crippen LogP) is 5.29. The van der Waals surface area contributed by atoms with Crippen molar-refractivity contribution in [3.8, 4) is 0 Å². The normalized spacial score (nSPS) is 13.2. The van der Waals surface area contributed by atoms with Gasteiger partial charge in [0, 0.05) is 0 Å². The van der Waals surface area contributed by atoms with Crippen LogP contribution in [0.2, 0.25) is 5.02 Å². The van der Waals surface area contributed by atoms with Crippen LogP contribution in [0, 0.1) is 5.92 Å². The van der Waals surface area contributed by atoms with Crippen LogP contribution in [-0.4, -0.2) is 0 Å². The van der Waals surface area contributed by atoms with E-state index in [1.807, 2.05) is 27.7 Å². The quantitative estimate of drug-likeness (QED) is 0.681. The molecular weight excluding hydrogens is 249 g/mol. The highest BCUT2D eigenvalue weighted by molar-refractivity contribution is 6.31. The Hall–Kier alpha value is -0.700. The largest absolute Gasteiger partial charge is 0.417 e. The third kappa shape index (κ3) is 2.95. The fraction of sp³-hybridized carbons (Fsp3) is 0.538. The van der Waals surface area contributed by atoms with Crippen LogP contribution in [0.4, 0.5) is 13.2 Å². The molecule has 4 heteroatoms. The van der Waals surface area contributed by atoms with Crippen LogP contribution in [0.5, 0.6) is 0 Å². The van der Waals surface area contributed by atoms with Gasteiger partial charge in [-0.25, -0.2) is 0 Å². The van der Waals surface area contributed by atoms with Gasteiger partial charge in [-0.1, -0.05) is 45.4 Å². The molecule has 1 aromatic rings. The first-order chi connectivity index (χ1) is 7.56. The SMILES string of the molecule is CC(C)C(C)(C)c1ccc(C(F)(F)F)c(Cl)c1. The van der Waals surface area contributed by atoms with Crippen molar-refractivity contribution in [2.24, 2.45) is 5.92 Å². The van der Waals surface area contributed by atoms with Crippen LogP contribution in [0.3, 0.4) is 0 Å². The van der Waals surface area contributed by atoms with Crippen molar-refractivity contribution in [1.82, 2.24) is 0 Å². The monoisotopic (exact) mass is 264 g/mol. The molecule has 0 saturated carbocycles. The molecule has 0 atom stereocenters. The maximum Gasteiger partial charge on any atom is 0.417 e. The molecule has 0 amide bonds. The predicted molar refractivity (Wildman–Crippen MR) is 64.3 cm³/mol. The molecule has 0 spiro atoms. The van der Waals surface area contributed by atoms with Gasteiger partial charge in [-0.05, 0) is 29.0 Å². The highest BCUT2D eigenvalue weighted by Gasteiger charge is 2.34. The third-order valence-electron chi connectivity index (χ3n) is 3.46. The molecule has 0 saturated heterocycles. The van der Waals surface area contributed by atoms with Crippen LogP contribution < -0.4 is 0 Å². The van der Waals surface area contributed by atoms with Crippen LogP contribution in [0.15, 0.2) is 18.2 Å². The van der Waals surface area contributed by atoms with Crippen molar-refractivity contribution in [3.05, 3.63) is 34.3 Å². The Kier molecular flexibility index (Phi) is 3.82. The van der Waals surface area contributed by atoms with E-state index in [1.54, 1.807) is 0 Å². The average molecular weight is 265 g/mol. The summed E-state index contributed by atoms with van der Waals surface area (Å²) in [6, 6.07) is 3.99. The minimum absolute atomic E-state index is 0.201. The molecular formula is C13H16ClF3. The third-order valence-corrected chi connectivity index (χ3v) is 3.77. The first-order valence-electron chi connectivity index (χ1n) is 5.44. The summed E-state index contributed by atoms with van der Waals surface area (Å²) in [6.45, 7) is 8.06. The number of rotatable bonds is 2. The fourth-order valence-electron chi connectivity index (χ4n) is 1.48. The minimum Gasteiger partial charge on any atom is -0.166 e. The molecule has 0 aliphatic heterocycles. The van der Waals surface area contributed by atoms with E-state index < -0.39 is 11.7 Å². The Balaban J connectivity index is 3.23. The van der Waals surface area contributed by atoms with E-state index in [0.717, 1.165) is 11.6 Å². The second-order valence-corrected chi connectivity index (χ2v) is 5.48. The Morgan fingerprint density at radius 3 is 2.00 bits per heavy atom.